The van der Waals surface area contributed by atoms with Crippen molar-refractivity contribution in [3.05, 3.63) is 90.0 Å². The molecular weight excluding hydrogens is 312 g/mol. The summed E-state index contributed by atoms with van der Waals surface area (Å²) in [6.45, 7) is 0.205. The Kier molecular flexibility index (Phi) is 3.82. The number of ether oxygens (including phenoxy) is 1. The van der Waals surface area contributed by atoms with E-state index < -0.39 is 5.97 Å². The van der Waals surface area contributed by atoms with Crippen LogP contribution in [0.25, 0.3) is 21.5 Å². The average molecular weight is 328 g/mol. The van der Waals surface area contributed by atoms with Gasteiger partial charge >= 0.3 is 5.97 Å². The number of carboxylic acid groups (broad SMARTS) is 1. The van der Waals surface area contributed by atoms with Gasteiger partial charge < -0.3 is 9.84 Å². The molecule has 0 spiro atoms. The van der Waals surface area contributed by atoms with Crippen LogP contribution in [-0.2, 0) is 6.61 Å². The molecule has 0 fully saturated rings. The van der Waals surface area contributed by atoms with Crippen molar-refractivity contribution in [2.45, 2.75) is 6.61 Å². The summed E-state index contributed by atoms with van der Waals surface area (Å²) in [4.78, 5) is 12.0. The van der Waals surface area contributed by atoms with Crippen molar-refractivity contribution in [3.63, 3.8) is 0 Å². The van der Waals surface area contributed by atoms with Crippen LogP contribution in [0.3, 0.4) is 0 Å². The Morgan fingerprint density at radius 1 is 0.720 bits per heavy atom. The van der Waals surface area contributed by atoms with Gasteiger partial charge in [0.1, 0.15) is 12.4 Å². The third-order valence-electron chi connectivity index (χ3n) is 4.38. The second kappa shape index (κ2) is 6.29. The maximum atomic E-state index is 12.0. The molecule has 0 saturated carbocycles. The summed E-state index contributed by atoms with van der Waals surface area (Å²) < 4.78 is 5.88. The van der Waals surface area contributed by atoms with Gasteiger partial charge in [-0.2, -0.15) is 0 Å². The summed E-state index contributed by atoms with van der Waals surface area (Å²) in [5.74, 6) is -0.218. The Morgan fingerprint density at radius 3 is 1.88 bits per heavy atom. The average Bonchev–Trinajstić information content (AvgIpc) is 2.66. The Bertz CT molecular complexity index is 1070. The minimum Gasteiger partial charge on any atom is -0.489 e. The van der Waals surface area contributed by atoms with Crippen LogP contribution in [0.1, 0.15) is 15.9 Å². The first-order chi connectivity index (χ1) is 12.3. The summed E-state index contributed by atoms with van der Waals surface area (Å²) >= 11 is 0. The second-order valence-corrected chi connectivity index (χ2v) is 5.85. The van der Waals surface area contributed by atoms with Crippen LogP contribution in [0, 0.1) is 0 Å². The van der Waals surface area contributed by atoms with Gasteiger partial charge in [-0.15, -0.1) is 0 Å². The third kappa shape index (κ3) is 2.70. The predicted molar refractivity (Wildman–Crippen MR) is 99.2 cm³/mol. The largest absolute Gasteiger partial charge is 0.489 e. The number of fused-ring (bicyclic) bond motifs is 3. The van der Waals surface area contributed by atoms with Gasteiger partial charge in [0, 0.05) is 5.56 Å². The molecule has 0 aliphatic rings. The van der Waals surface area contributed by atoms with Crippen molar-refractivity contribution >= 4 is 27.5 Å². The molecule has 4 rings (SSSR count). The Balaban J connectivity index is 1.96. The van der Waals surface area contributed by atoms with Gasteiger partial charge in [-0.25, -0.2) is 4.79 Å². The Labute approximate surface area is 145 Å². The van der Waals surface area contributed by atoms with E-state index in [9.17, 15) is 9.90 Å². The Morgan fingerprint density at radius 2 is 1.24 bits per heavy atom. The van der Waals surface area contributed by atoms with Crippen LogP contribution in [0.2, 0.25) is 0 Å². The van der Waals surface area contributed by atoms with Crippen molar-refractivity contribution in [2.24, 2.45) is 0 Å². The third-order valence-corrected chi connectivity index (χ3v) is 4.38. The molecular formula is C22H16O3. The molecule has 0 bridgehead atoms. The van der Waals surface area contributed by atoms with Gasteiger partial charge in [-0.3, -0.25) is 0 Å². The van der Waals surface area contributed by atoms with Crippen LogP contribution >= 0.6 is 0 Å². The molecule has 0 atom stereocenters. The molecule has 0 aliphatic heterocycles. The number of carbonyl (C=O) groups is 1. The summed E-state index contributed by atoms with van der Waals surface area (Å²) in [5.41, 5.74) is 1.01. The number of para-hydroxylation sites is 1. The second-order valence-electron chi connectivity index (χ2n) is 5.85. The van der Waals surface area contributed by atoms with E-state index in [2.05, 4.69) is 0 Å². The number of rotatable bonds is 4. The maximum absolute atomic E-state index is 12.0. The van der Waals surface area contributed by atoms with E-state index >= 15 is 0 Å². The first kappa shape index (κ1) is 15.2. The molecule has 0 radical (unpaired) electrons. The molecule has 0 aliphatic carbocycles. The lowest BCUT2D eigenvalue weighted by Crippen LogP contribution is -2.08. The van der Waals surface area contributed by atoms with Crippen LogP contribution in [0.5, 0.6) is 5.75 Å². The van der Waals surface area contributed by atoms with Gasteiger partial charge in [0.05, 0.1) is 5.56 Å². The SMILES string of the molecule is O=C(O)c1c(COc2ccccc2)c2ccccc2c2ccccc12. The molecule has 25 heavy (non-hydrogen) atoms. The zero-order valence-corrected chi connectivity index (χ0v) is 13.5. The number of aromatic carboxylic acids is 1. The zero-order chi connectivity index (χ0) is 17.2. The van der Waals surface area contributed by atoms with Crippen LogP contribution in [-0.4, -0.2) is 11.1 Å². The Hall–Kier alpha value is -3.33. The molecule has 3 heteroatoms. The molecule has 0 heterocycles. The van der Waals surface area contributed by atoms with E-state index in [1.807, 2.05) is 78.9 Å². The number of hydrogen-bond donors (Lipinski definition) is 1. The molecule has 122 valence electrons. The fourth-order valence-electron chi connectivity index (χ4n) is 3.28. The summed E-state index contributed by atoms with van der Waals surface area (Å²) in [7, 11) is 0. The van der Waals surface area contributed by atoms with Crippen molar-refractivity contribution in [2.75, 3.05) is 0 Å². The first-order valence-corrected chi connectivity index (χ1v) is 8.09. The fourth-order valence-corrected chi connectivity index (χ4v) is 3.28. The first-order valence-electron chi connectivity index (χ1n) is 8.09. The smallest absolute Gasteiger partial charge is 0.336 e. The highest BCUT2D eigenvalue weighted by Gasteiger charge is 2.19. The van der Waals surface area contributed by atoms with Crippen LogP contribution < -0.4 is 4.74 Å². The molecule has 4 aromatic carbocycles. The molecule has 4 aromatic rings. The number of carboxylic acids is 1. The van der Waals surface area contributed by atoms with Crippen LogP contribution in [0.4, 0.5) is 0 Å². The number of hydrogen-bond acceptors (Lipinski definition) is 2. The van der Waals surface area contributed by atoms with E-state index in [0.717, 1.165) is 27.3 Å². The highest BCUT2D eigenvalue weighted by molar-refractivity contribution is 6.17. The quantitative estimate of drug-likeness (QED) is 0.519. The van der Waals surface area contributed by atoms with Gasteiger partial charge in [-0.05, 0) is 33.7 Å². The normalized spacial score (nSPS) is 10.9. The molecule has 0 unspecified atom stereocenters. The minimum absolute atomic E-state index is 0.205. The van der Waals surface area contributed by atoms with E-state index in [0.29, 0.717) is 11.1 Å². The maximum Gasteiger partial charge on any atom is 0.336 e. The monoisotopic (exact) mass is 328 g/mol. The van der Waals surface area contributed by atoms with Crippen molar-refractivity contribution in [3.8, 4) is 5.75 Å². The van der Waals surface area contributed by atoms with Gasteiger partial charge in [0.15, 0.2) is 0 Å². The highest BCUT2D eigenvalue weighted by Crippen LogP contribution is 2.33. The summed E-state index contributed by atoms with van der Waals surface area (Å²) in [5, 5.41) is 13.5. The topological polar surface area (TPSA) is 46.5 Å². The van der Waals surface area contributed by atoms with Gasteiger partial charge in [0.2, 0.25) is 0 Å². The fraction of sp³-hybridized carbons (Fsp3) is 0.0455. The lowest BCUT2D eigenvalue weighted by atomic mass is 9.92. The van der Waals surface area contributed by atoms with E-state index in [4.69, 9.17) is 4.74 Å². The van der Waals surface area contributed by atoms with Crippen molar-refractivity contribution in [1.82, 2.24) is 0 Å². The number of benzene rings is 4. The van der Waals surface area contributed by atoms with Gasteiger partial charge in [0.25, 0.3) is 0 Å². The lowest BCUT2D eigenvalue weighted by molar-refractivity contribution is 0.0696. The summed E-state index contributed by atoms with van der Waals surface area (Å²) in [6.07, 6.45) is 0. The van der Waals surface area contributed by atoms with E-state index in [1.165, 1.54) is 0 Å². The molecule has 0 amide bonds. The molecule has 0 aromatic heterocycles. The summed E-state index contributed by atoms with van der Waals surface area (Å²) in [6, 6.07) is 24.9. The van der Waals surface area contributed by atoms with Crippen molar-refractivity contribution in [1.29, 1.82) is 0 Å². The molecule has 0 saturated heterocycles. The standard InChI is InChI=1S/C22H16O3/c23-22(24)21-19-13-7-6-11-17(19)16-10-4-5-12-18(16)20(21)14-25-15-8-2-1-3-9-15/h1-13H,14H2,(H,23,24). The zero-order valence-electron chi connectivity index (χ0n) is 13.5. The molecule has 1 N–H and O–H groups in total. The lowest BCUT2D eigenvalue weighted by Gasteiger charge is -2.15. The van der Waals surface area contributed by atoms with Crippen LogP contribution in [0.15, 0.2) is 78.9 Å². The highest BCUT2D eigenvalue weighted by atomic mass is 16.5. The van der Waals surface area contributed by atoms with E-state index in [1.54, 1.807) is 0 Å². The predicted octanol–water partition coefficient (Wildman–Crippen LogP) is 5.27. The van der Waals surface area contributed by atoms with Crippen molar-refractivity contribution < 1.29 is 14.6 Å². The van der Waals surface area contributed by atoms with E-state index in [-0.39, 0.29) is 6.61 Å². The molecule has 3 nitrogen and oxygen atoms in total. The van der Waals surface area contributed by atoms with Gasteiger partial charge in [-0.1, -0.05) is 66.7 Å². The minimum atomic E-state index is -0.936.